The zero-order chi connectivity index (χ0) is 11.7. The van der Waals surface area contributed by atoms with Gasteiger partial charge in [-0.25, -0.2) is 0 Å². The van der Waals surface area contributed by atoms with E-state index in [2.05, 4.69) is 28.1 Å². The molecule has 17 heavy (non-hydrogen) atoms. The van der Waals surface area contributed by atoms with E-state index in [1.165, 1.54) is 10.1 Å². The normalized spacial score (nSPS) is 10.6. The second-order valence-corrected chi connectivity index (χ2v) is 5.48. The average Bonchev–Trinajstić information content (AvgIpc) is 2.76. The molecule has 84 valence electrons. The average molecular weight is 305 g/mol. The molecule has 0 unspecified atom stereocenters. The third-order valence-corrected chi connectivity index (χ3v) is 3.96. The van der Waals surface area contributed by atoms with Crippen molar-refractivity contribution in [3.63, 3.8) is 0 Å². The Bertz CT molecular complexity index is 643. The van der Waals surface area contributed by atoms with Crippen LogP contribution in [-0.4, -0.2) is 0 Å². The maximum absolute atomic E-state index is 5.88. The van der Waals surface area contributed by atoms with Crippen molar-refractivity contribution in [2.75, 3.05) is 0 Å². The third-order valence-electron chi connectivity index (χ3n) is 2.49. The third kappa shape index (κ3) is 2.21. The molecular formula is C14H9BrOS. The molecule has 1 nitrogen and oxygen atoms in total. The molecule has 1 heterocycles. The number of fused-ring (bicyclic) bond motifs is 1. The van der Waals surface area contributed by atoms with Crippen molar-refractivity contribution in [1.29, 1.82) is 0 Å². The quantitative estimate of drug-likeness (QED) is 0.611. The maximum atomic E-state index is 5.88. The molecule has 0 aliphatic heterocycles. The summed E-state index contributed by atoms with van der Waals surface area (Å²) in [5.41, 5.74) is 0. The van der Waals surface area contributed by atoms with Gasteiger partial charge < -0.3 is 4.74 Å². The van der Waals surface area contributed by atoms with E-state index in [-0.39, 0.29) is 0 Å². The predicted molar refractivity (Wildman–Crippen MR) is 76.0 cm³/mol. The van der Waals surface area contributed by atoms with Gasteiger partial charge >= 0.3 is 0 Å². The van der Waals surface area contributed by atoms with Crippen LogP contribution in [0.1, 0.15) is 0 Å². The Hall–Kier alpha value is -1.32. The molecule has 0 aliphatic carbocycles. The van der Waals surface area contributed by atoms with Crippen LogP contribution in [0.25, 0.3) is 10.1 Å². The van der Waals surface area contributed by atoms with E-state index in [9.17, 15) is 0 Å². The molecule has 0 radical (unpaired) electrons. The second-order valence-electron chi connectivity index (χ2n) is 3.65. The molecule has 0 saturated carbocycles. The molecule has 3 heteroatoms. The summed E-state index contributed by atoms with van der Waals surface area (Å²) in [4.78, 5) is 0. The highest BCUT2D eigenvalue weighted by molar-refractivity contribution is 9.10. The number of thiophene rings is 1. The summed E-state index contributed by atoms with van der Waals surface area (Å²) in [6.45, 7) is 0. The van der Waals surface area contributed by atoms with Gasteiger partial charge in [0.05, 0.1) is 0 Å². The second kappa shape index (κ2) is 4.51. The number of hydrogen-bond acceptors (Lipinski definition) is 2. The van der Waals surface area contributed by atoms with Gasteiger partial charge in [0, 0.05) is 19.9 Å². The van der Waals surface area contributed by atoms with Crippen LogP contribution in [0.3, 0.4) is 0 Å². The van der Waals surface area contributed by atoms with Crippen LogP contribution in [0, 0.1) is 0 Å². The highest BCUT2D eigenvalue weighted by atomic mass is 79.9. The van der Waals surface area contributed by atoms with Crippen LogP contribution in [0.2, 0.25) is 0 Å². The highest BCUT2D eigenvalue weighted by Crippen LogP contribution is 2.35. The summed E-state index contributed by atoms with van der Waals surface area (Å²) >= 11 is 5.11. The van der Waals surface area contributed by atoms with E-state index in [1.54, 1.807) is 11.3 Å². The molecule has 3 rings (SSSR count). The van der Waals surface area contributed by atoms with Crippen LogP contribution in [0.5, 0.6) is 11.5 Å². The molecule has 0 bridgehead atoms. The molecule has 0 atom stereocenters. The number of hydrogen-bond donors (Lipinski definition) is 0. The van der Waals surface area contributed by atoms with Gasteiger partial charge in [-0.3, -0.25) is 0 Å². The van der Waals surface area contributed by atoms with Gasteiger partial charge in [-0.15, -0.1) is 11.3 Å². The van der Waals surface area contributed by atoms with Gasteiger partial charge in [-0.2, -0.15) is 0 Å². The van der Waals surface area contributed by atoms with Crippen molar-refractivity contribution in [2.45, 2.75) is 0 Å². The lowest BCUT2D eigenvalue weighted by atomic mass is 10.2. The number of benzene rings is 2. The maximum Gasteiger partial charge on any atom is 0.145 e. The van der Waals surface area contributed by atoms with Crippen molar-refractivity contribution in [2.24, 2.45) is 0 Å². The van der Waals surface area contributed by atoms with Crippen molar-refractivity contribution >= 4 is 37.4 Å². The molecule has 2 aromatic carbocycles. The van der Waals surface area contributed by atoms with E-state index < -0.39 is 0 Å². The molecule has 0 spiro atoms. The molecule has 0 N–H and O–H groups in total. The minimum atomic E-state index is 0.858. The van der Waals surface area contributed by atoms with Gasteiger partial charge in [0.25, 0.3) is 0 Å². The summed E-state index contributed by atoms with van der Waals surface area (Å²) < 4.78 is 8.18. The Balaban J connectivity index is 1.97. The van der Waals surface area contributed by atoms with Gasteiger partial charge in [0.1, 0.15) is 11.5 Å². The van der Waals surface area contributed by atoms with E-state index >= 15 is 0 Å². The molecule has 3 aromatic rings. The van der Waals surface area contributed by atoms with Crippen molar-refractivity contribution < 1.29 is 4.74 Å². The lowest BCUT2D eigenvalue weighted by Gasteiger charge is -2.04. The molecule has 1 aromatic heterocycles. The fourth-order valence-corrected chi connectivity index (χ4v) is 2.79. The smallest absolute Gasteiger partial charge is 0.145 e. The van der Waals surface area contributed by atoms with E-state index in [1.807, 2.05) is 41.8 Å². The largest absolute Gasteiger partial charge is 0.456 e. The Morgan fingerprint density at radius 3 is 2.53 bits per heavy atom. The predicted octanol–water partition coefficient (Wildman–Crippen LogP) is 5.46. The number of rotatable bonds is 2. The summed E-state index contributed by atoms with van der Waals surface area (Å²) in [5, 5.41) is 3.22. The summed E-state index contributed by atoms with van der Waals surface area (Å²) in [7, 11) is 0. The van der Waals surface area contributed by atoms with Gasteiger partial charge in [0.15, 0.2) is 0 Å². The van der Waals surface area contributed by atoms with Gasteiger partial charge in [-0.1, -0.05) is 28.1 Å². The first-order valence-corrected chi connectivity index (χ1v) is 6.90. The van der Waals surface area contributed by atoms with E-state index in [0.717, 1.165) is 16.0 Å². The molecule has 0 saturated heterocycles. The lowest BCUT2D eigenvalue weighted by Crippen LogP contribution is -1.81. The Labute approximate surface area is 112 Å². The molecule has 0 amide bonds. The molecular weight excluding hydrogens is 296 g/mol. The van der Waals surface area contributed by atoms with Crippen LogP contribution in [0.15, 0.2) is 58.4 Å². The Morgan fingerprint density at radius 1 is 0.941 bits per heavy atom. The first kappa shape index (κ1) is 10.8. The first-order chi connectivity index (χ1) is 8.33. The van der Waals surface area contributed by atoms with E-state index in [0.29, 0.717) is 0 Å². The standard InChI is InChI=1S/C14H9BrOS/c15-10-5-7-11(8-6-10)16-13-9-17-14-4-2-1-3-12(13)14/h1-9H. The molecule has 0 aliphatic rings. The lowest BCUT2D eigenvalue weighted by molar-refractivity contribution is 0.490. The van der Waals surface area contributed by atoms with Gasteiger partial charge in [-0.05, 0) is 36.4 Å². The fourth-order valence-electron chi connectivity index (χ4n) is 1.66. The minimum Gasteiger partial charge on any atom is -0.456 e. The SMILES string of the molecule is Brc1ccc(Oc2csc3ccccc23)cc1. The van der Waals surface area contributed by atoms with Crippen molar-refractivity contribution in [1.82, 2.24) is 0 Å². The number of ether oxygens (including phenoxy) is 1. The fraction of sp³-hybridized carbons (Fsp3) is 0. The van der Waals surface area contributed by atoms with Gasteiger partial charge in [0.2, 0.25) is 0 Å². The highest BCUT2D eigenvalue weighted by Gasteiger charge is 2.05. The molecule has 0 fully saturated rings. The van der Waals surface area contributed by atoms with Crippen LogP contribution >= 0.6 is 27.3 Å². The van der Waals surface area contributed by atoms with Crippen molar-refractivity contribution in [3.8, 4) is 11.5 Å². The first-order valence-electron chi connectivity index (χ1n) is 5.22. The minimum absolute atomic E-state index is 0.858. The Kier molecular flexibility index (Phi) is 2.87. The zero-order valence-electron chi connectivity index (χ0n) is 8.89. The van der Waals surface area contributed by atoms with Crippen LogP contribution in [0.4, 0.5) is 0 Å². The monoisotopic (exact) mass is 304 g/mol. The van der Waals surface area contributed by atoms with Crippen LogP contribution in [-0.2, 0) is 0 Å². The zero-order valence-corrected chi connectivity index (χ0v) is 11.3. The van der Waals surface area contributed by atoms with Crippen LogP contribution < -0.4 is 4.74 Å². The number of halogens is 1. The summed E-state index contributed by atoms with van der Waals surface area (Å²) in [6, 6.07) is 16.1. The summed E-state index contributed by atoms with van der Waals surface area (Å²) in [6.07, 6.45) is 0. The summed E-state index contributed by atoms with van der Waals surface area (Å²) in [5.74, 6) is 1.78. The van der Waals surface area contributed by atoms with Crippen molar-refractivity contribution in [3.05, 3.63) is 58.4 Å². The van der Waals surface area contributed by atoms with E-state index in [4.69, 9.17) is 4.74 Å². The topological polar surface area (TPSA) is 9.23 Å². The Morgan fingerprint density at radius 2 is 1.71 bits per heavy atom.